The van der Waals surface area contributed by atoms with Crippen molar-refractivity contribution in [3.8, 4) is 0 Å². The molecular formula is C24H25F2N3O3S. The summed E-state index contributed by atoms with van der Waals surface area (Å²) in [5.41, 5.74) is -0.0961. The van der Waals surface area contributed by atoms with Crippen LogP contribution in [0.15, 0.2) is 53.5 Å². The number of thioether (sulfide) groups is 1. The maximum atomic E-state index is 15.0. The Morgan fingerprint density at radius 2 is 1.91 bits per heavy atom. The lowest BCUT2D eigenvalue weighted by atomic mass is 9.87. The molecule has 9 heteroatoms. The maximum absolute atomic E-state index is 15.0. The average molecular weight is 474 g/mol. The van der Waals surface area contributed by atoms with Crippen molar-refractivity contribution >= 4 is 28.9 Å². The van der Waals surface area contributed by atoms with Crippen LogP contribution in [0.2, 0.25) is 0 Å². The number of nitrogens with zero attached hydrogens (tertiary/aromatic N) is 2. The molecule has 2 aromatic carbocycles. The predicted molar refractivity (Wildman–Crippen MR) is 123 cm³/mol. The summed E-state index contributed by atoms with van der Waals surface area (Å²) in [5.74, 6) is -1.79. The second-order valence-corrected chi connectivity index (χ2v) is 10.5. The lowest BCUT2D eigenvalue weighted by Gasteiger charge is -2.37. The third-order valence-electron chi connectivity index (χ3n) is 5.55. The van der Waals surface area contributed by atoms with Crippen molar-refractivity contribution in [2.75, 3.05) is 19.6 Å². The first-order valence-electron chi connectivity index (χ1n) is 10.6. The third kappa shape index (κ3) is 4.88. The molecule has 0 bridgehead atoms. The van der Waals surface area contributed by atoms with Gasteiger partial charge in [0.15, 0.2) is 5.17 Å². The molecule has 33 heavy (non-hydrogen) atoms. The number of nitrogens with one attached hydrogen (secondary N) is 1. The molecule has 0 unspecified atom stereocenters. The van der Waals surface area contributed by atoms with E-state index in [4.69, 9.17) is 4.74 Å². The van der Waals surface area contributed by atoms with Gasteiger partial charge in [-0.3, -0.25) is 9.79 Å². The van der Waals surface area contributed by atoms with Gasteiger partial charge in [-0.2, -0.15) is 0 Å². The Balaban J connectivity index is 1.65. The summed E-state index contributed by atoms with van der Waals surface area (Å²) in [4.78, 5) is 31.5. The first-order chi connectivity index (χ1) is 15.6. The number of amidine groups is 1. The topological polar surface area (TPSA) is 71.0 Å². The van der Waals surface area contributed by atoms with E-state index in [-0.39, 0.29) is 37.0 Å². The van der Waals surface area contributed by atoms with Crippen molar-refractivity contribution in [1.29, 1.82) is 0 Å². The molecule has 0 aromatic heterocycles. The summed E-state index contributed by atoms with van der Waals surface area (Å²) in [6.07, 6.45) is -0.524. The molecule has 2 aliphatic heterocycles. The van der Waals surface area contributed by atoms with Gasteiger partial charge in [0.05, 0.1) is 4.75 Å². The summed E-state index contributed by atoms with van der Waals surface area (Å²) in [5, 5.41) is 3.08. The number of amides is 2. The molecule has 0 radical (unpaired) electrons. The van der Waals surface area contributed by atoms with E-state index in [0.717, 1.165) is 30.0 Å². The Bertz CT molecular complexity index is 1100. The van der Waals surface area contributed by atoms with Crippen molar-refractivity contribution in [2.24, 2.45) is 10.9 Å². The number of carbonyl (C=O) groups is 2. The van der Waals surface area contributed by atoms with E-state index in [2.05, 4.69) is 10.3 Å². The van der Waals surface area contributed by atoms with E-state index in [1.165, 1.54) is 4.90 Å². The van der Waals surface area contributed by atoms with Gasteiger partial charge in [-0.15, -0.1) is 0 Å². The van der Waals surface area contributed by atoms with Gasteiger partial charge in [-0.05, 0) is 51.1 Å². The molecule has 2 aromatic rings. The molecule has 1 saturated heterocycles. The zero-order valence-corrected chi connectivity index (χ0v) is 19.4. The fourth-order valence-corrected chi connectivity index (χ4v) is 5.51. The number of hydrogen-bond acceptors (Lipinski definition) is 5. The predicted octanol–water partition coefficient (Wildman–Crippen LogP) is 4.56. The van der Waals surface area contributed by atoms with Crippen LogP contribution >= 0.6 is 11.8 Å². The molecule has 2 atom stereocenters. The van der Waals surface area contributed by atoms with E-state index in [9.17, 15) is 18.4 Å². The summed E-state index contributed by atoms with van der Waals surface area (Å²) in [7, 11) is 0. The Morgan fingerprint density at radius 1 is 1.18 bits per heavy atom. The van der Waals surface area contributed by atoms with Crippen molar-refractivity contribution in [3.05, 3.63) is 71.3 Å². The van der Waals surface area contributed by atoms with Gasteiger partial charge in [-0.1, -0.05) is 30.0 Å². The zero-order valence-electron chi connectivity index (χ0n) is 18.6. The normalized spacial score (nSPS) is 22.4. The summed E-state index contributed by atoms with van der Waals surface area (Å²) in [6, 6.07) is 12.0. The van der Waals surface area contributed by atoms with Crippen molar-refractivity contribution < 1.29 is 23.1 Å². The number of aliphatic imine (C=N–C) groups is 1. The quantitative estimate of drug-likeness (QED) is 0.694. The van der Waals surface area contributed by atoms with E-state index in [1.54, 1.807) is 51.1 Å². The minimum Gasteiger partial charge on any atom is -0.444 e. The maximum Gasteiger partial charge on any atom is 0.410 e. The molecule has 2 aliphatic rings. The lowest BCUT2D eigenvalue weighted by Crippen LogP contribution is -2.43. The van der Waals surface area contributed by atoms with Crippen LogP contribution < -0.4 is 5.32 Å². The number of hydrogen-bond donors (Lipinski definition) is 1. The van der Waals surface area contributed by atoms with E-state index in [0.29, 0.717) is 10.7 Å². The molecule has 6 nitrogen and oxygen atoms in total. The highest BCUT2D eigenvalue weighted by Gasteiger charge is 2.54. The van der Waals surface area contributed by atoms with Gasteiger partial charge in [0.2, 0.25) is 0 Å². The Hall–Kier alpha value is -2.94. The Labute approximate surface area is 195 Å². The van der Waals surface area contributed by atoms with Gasteiger partial charge in [0, 0.05) is 36.7 Å². The molecule has 0 spiro atoms. The molecule has 2 amide bonds. The fraction of sp³-hybridized carbons (Fsp3) is 0.375. The van der Waals surface area contributed by atoms with Crippen molar-refractivity contribution in [3.63, 3.8) is 0 Å². The Kier molecular flexibility index (Phi) is 6.18. The average Bonchev–Trinajstić information content (AvgIpc) is 3.15. The first kappa shape index (κ1) is 23.2. The zero-order chi connectivity index (χ0) is 23.8. The smallest absolute Gasteiger partial charge is 0.410 e. The number of ether oxygens (including phenoxy) is 1. The lowest BCUT2D eigenvalue weighted by molar-refractivity contribution is 0.0286. The van der Waals surface area contributed by atoms with Crippen LogP contribution in [0, 0.1) is 17.6 Å². The van der Waals surface area contributed by atoms with Crippen LogP contribution in [-0.2, 0) is 9.48 Å². The number of fused-ring (bicyclic) bond motifs is 1. The number of benzene rings is 2. The SMILES string of the molecule is CC(C)(C)OC(=O)N1C[C@@H]2CN=C(NC(=O)c3ccccc3)S[C@@]2(c2cc(F)ccc2F)C1. The monoisotopic (exact) mass is 473 g/mol. The van der Waals surface area contributed by atoms with Crippen molar-refractivity contribution in [2.45, 2.75) is 31.1 Å². The molecule has 0 aliphatic carbocycles. The van der Waals surface area contributed by atoms with Crippen LogP contribution in [0.25, 0.3) is 0 Å². The summed E-state index contributed by atoms with van der Waals surface area (Å²) < 4.78 is 33.7. The van der Waals surface area contributed by atoms with Gasteiger partial charge in [0.1, 0.15) is 17.2 Å². The van der Waals surface area contributed by atoms with E-state index < -0.39 is 28.1 Å². The second kappa shape index (κ2) is 8.78. The van der Waals surface area contributed by atoms with Crippen molar-refractivity contribution in [1.82, 2.24) is 10.2 Å². The third-order valence-corrected chi connectivity index (χ3v) is 7.02. The van der Waals surface area contributed by atoms with Gasteiger partial charge in [-0.25, -0.2) is 13.6 Å². The molecule has 174 valence electrons. The number of rotatable bonds is 2. The molecule has 2 heterocycles. The van der Waals surface area contributed by atoms with E-state index >= 15 is 0 Å². The molecule has 0 saturated carbocycles. The first-order valence-corrected chi connectivity index (χ1v) is 11.4. The highest BCUT2D eigenvalue weighted by Crippen LogP contribution is 2.51. The molecule has 1 N–H and O–H groups in total. The number of likely N-dealkylation sites (tertiary alicyclic amines) is 1. The summed E-state index contributed by atoms with van der Waals surface area (Å²) >= 11 is 1.15. The van der Waals surface area contributed by atoms with Crippen LogP contribution in [0.3, 0.4) is 0 Å². The Morgan fingerprint density at radius 3 is 2.61 bits per heavy atom. The highest BCUT2D eigenvalue weighted by atomic mass is 32.2. The molecular weight excluding hydrogens is 448 g/mol. The standard InChI is InChI=1S/C24H25F2N3O3S/c1-23(2,3)32-22(31)29-13-16-12-27-21(28-20(30)15-7-5-4-6-8-15)33-24(16,14-29)18-11-17(25)9-10-19(18)26/h4-11,16H,12-14H2,1-3H3,(H,27,28,30)/t16-,24-/m0/s1. The minimum atomic E-state index is -1.02. The van der Waals surface area contributed by atoms with Crippen LogP contribution in [0.5, 0.6) is 0 Å². The summed E-state index contributed by atoms with van der Waals surface area (Å²) in [6.45, 7) is 5.92. The van der Waals surface area contributed by atoms with Crippen LogP contribution in [0.1, 0.15) is 36.7 Å². The number of carbonyl (C=O) groups excluding carboxylic acids is 2. The van der Waals surface area contributed by atoms with Crippen LogP contribution in [-0.4, -0.2) is 47.3 Å². The van der Waals surface area contributed by atoms with E-state index in [1.807, 2.05) is 0 Å². The van der Waals surface area contributed by atoms with Gasteiger partial charge < -0.3 is 15.0 Å². The highest BCUT2D eigenvalue weighted by molar-refractivity contribution is 8.14. The second-order valence-electron chi connectivity index (χ2n) is 9.14. The van der Waals surface area contributed by atoms with Gasteiger partial charge in [0.25, 0.3) is 5.91 Å². The van der Waals surface area contributed by atoms with Gasteiger partial charge >= 0.3 is 6.09 Å². The minimum absolute atomic E-state index is 0.0951. The largest absolute Gasteiger partial charge is 0.444 e. The van der Waals surface area contributed by atoms with Crippen LogP contribution in [0.4, 0.5) is 13.6 Å². The molecule has 4 rings (SSSR count). The fourth-order valence-electron chi connectivity index (χ4n) is 4.08. The number of halogens is 2. The molecule has 1 fully saturated rings.